The number of halogens is 1. The first-order chi connectivity index (χ1) is 12.8. The predicted octanol–water partition coefficient (Wildman–Crippen LogP) is 2.26. The van der Waals surface area contributed by atoms with E-state index >= 15 is 0 Å². The van der Waals surface area contributed by atoms with Crippen molar-refractivity contribution in [2.24, 2.45) is 11.5 Å². The van der Waals surface area contributed by atoms with Crippen LogP contribution in [0.1, 0.15) is 24.0 Å². The standard InChI is InChI=1S/C20H23FN4O2/c1-10-3-8-15(27-2)13(9-10)16-14(21)7-6-12(17(16)22)18(23)19(24)20(26)25-11-4-5-11/h3,6-9,11H,4-5,22-24H2,1-2H3,(H,25,26)/b19-18+. The van der Waals surface area contributed by atoms with E-state index < -0.39 is 11.7 Å². The van der Waals surface area contributed by atoms with Gasteiger partial charge in [-0.15, -0.1) is 0 Å². The van der Waals surface area contributed by atoms with Crippen molar-refractivity contribution in [1.29, 1.82) is 0 Å². The summed E-state index contributed by atoms with van der Waals surface area (Å²) in [5.41, 5.74) is 20.1. The number of carbonyl (C=O) groups is 1. The summed E-state index contributed by atoms with van der Waals surface area (Å²) in [4.78, 5) is 12.2. The van der Waals surface area contributed by atoms with Crippen molar-refractivity contribution in [3.05, 3.63) is 53.0 Å². The Bertz CT molecular complexity index is 936. The molecule has 0 radical (unpaired) electrons. The second-order valence-electron chi connectivity index (χ2n) is 6.66. The van der Waals surface area contributed by atoms with Crippen molar-refractivity contribution in [3.8, 4) is 16.9 Å². The van der Waals surface area contributed by atoms with Gasteiger partial charge in [-0.2, -0.15) is 0 Å². The molecule has 27 heavy (non-hydrogen) atoms. The van der Waals surface area contributed by atoms with Gasteiger partial charge in [-0.1, -0.05) is 11.6 Å². The van der Waals surface area contributed by atoms with E-state index in [1.807, 2.05) is 13.0 Å². The summed E-state index contributed by atoms with van der Waals surface area (Å²) in [7, 11) is 1.50. The van der Waals surface area contributed by atoms with E-state index in [1.54, 1.807) is 12.1 Å². The molecule has 0 heterocycles. The average molecular weight is 370 g/mol. The maximum atomic E-state index is 14.7. The molecule has 1 amide bonds. The molecule has 1 fully saturated rings. The number of hydrogen-bond donors (Lipinski definition) is 4. The SMILES string of the molecule is COc1ccc(C)cc1-c1c(F)ccc(/C(N)=C(\N)C(=O)NC2CC2)c1N. The van der Waals surface area contributed by atoms with E-state index in [0.717, 1.165) is 18.4 Å². The number of nitrogen functional groups attached to an aromatic ring is 1. The summed E-state index contributed by atoms with van der Waals surface area (Å²) in [5, 5.41) is 2.77. The second-order valence-corrected chi connectivity index (χ2v) is 6.66. The lowest BCUT2D eigenvalue weighted by Gasteiger charge is -2.17. The molecule has 0 aromatic heterocycles. The minimum absolute atomic E-state index is 0.0125. The molecule has 1 aliphatic carbocycles. The molecule has 0 aliphatic heterocycles. The summed E-state index contributed by atoms with van der Waals surface area (Å²) in [6, 6.07) is 8.19. The van der Waals surface area contributed by atoms with Gasteiger partial charge >= 0.3 is 0 Å². The lowest BCUT2D eigenvalue weighted by atomic mass is 9.95. The molecule has 3 rings (SSSR count). The summed E-state index contributed by atoms with van der Waals surface area (Å²) in [5.74, 6) is -0.493. The number of amides is 1. The number of nitrogens with two attached hydrogens (primary N) is 3. The molecule has 6 nitrogen and oxygen atoms in total. The zero-order chi connectivity index (χ0) is 19.7. The van der Waals surface area contributed by atoms with Gasteiger partial charge in [0.05, 0.1) is 18.5 Å². The Morgan fingerprint density at radius 3 is 2.56 bits per heavy atom. The highest BCUT2D eigenvalue weighted by Gasteiger charge is 2.26. The Kier molecular flexibility index (Phi) is 4.94. The van der Waals surface area contributed by atoms with Crippen LogP contribution in [-0.2, 0) is 4.79 Å². The van der Waals surface area contributed by atoms with Crippen molar-refractivity contribution in [2.45, 2.75) is 25.8 Å². The smallest absolute Gasteiger partial charge is 0.269 e. The number of benzene rings is 2. The third-order valence-corrected chi connectivity index (χ3v) is 4.56. The van der Waals surface area contributed by atoms with E-state index in [-0.39, 0.29) is 28.7 Å². The molecule has 1 saturated carbocycles. The van der Waals surface area contributed by atoms with E-state index in [4.69, 9.17) is 21.9 Å². The van der Waals surface area contributed by atoms with Crippen molar-refractivity contribution >= 4 is 17.3 Å². The predicted molar refractivity (Wildman–Crippen MR) is 104 cm³/mol. The number of hydrogen-bond acceptors (Lipinski definition) is 5. The molecule has 0 bridgehead atoms. The number of ether oxygens (including phenoxy) is 1. The number of rotatable bonds is 5. The largest absolute Gasteiger partial charge is 0.496 e. The van der Waals surface area contributed by atoms with Crippen LogP contribution < -0.4 is 27.3 Å². The zero-order valence-electron chi connectivity index (χ0n) is 15.3. The fourth-order valence-electron chi connectivity index (χ4n) is 2.88. The fourth-order valence-corrected chi connectivity index (χ4v) is 2.88. The minimum Gasteiger partial charge on any atom is -0.496 e. The maximum absolute atomic E-state index is 14.7. The van der Waals surface area contributed by atoms with Gasteiger partial charge in [0.2, 0.25) is 0 Å². The van der Waals surface area contributed by atoms with Gasteiger partial charge in [0, 0.05) is 22.7 Å². The zero-order valence-corrected chi connectivity index (χ0v) is 15.3. The van der Waals surface area contributed by atoms with Crippen molar-refractivity contribution in [1.82, 2.24) is 5.32 Å². The van der Waals surface area contributed by atoms with Gasteiger partial charge in [-0.3, -0.25) is 4.79 Å². The van der Waals surface area contributed by atoms with Crippen LogP contribution in [0, 0.1) is 12.7 Å². The quantitative estimate of drug-likeness (QED) is 0.476. The van der Waals surface area contributed by atoms with Gasteiger partial charge in [0.25, 0.3) is 5.91 Å². The molecule has 7 heteroatoms. The molecule has 0 spiro atoms. The van der Waals surface area contributed by atoms with Gasteiger partial charge in [-0.05, 0) is 44.0 Å². The van der Waals surface area contributed by atoms with Gasteiger partial charge in [0.15, 0.2) is 0 Å². The first-order valence-corrected chi connectivity index (χ1v) is 8.63. The monoisotopic (exact) mass is 370 g/mol. The highest BCUT2D eigenvalue weighted by Crippen LogP contribution is 2.39. The van der Waals surface area contributed by atoms with Crippen LogP contribution in [0.15, 0.2) is 36.0 Å². The average Bonchev–Trinajstić information content (AvgIpc) is 3.45. The summed E-state index contributed by atoms with van der Waals surface area (Å²) in [6.07, 6.45) is 1.85. The first-order valence-electron chi connectivity index (χ1n) is 8.63. The number of nitrogens with one attached hydrogen (secondary N) is 1. The Hall–Kier alpha value is -3.22. The summed E-state index contributed by atoms with van der Waals surface area (Å²) >= 11 is 0. The molecule has 1 aliphatic rings. The van der Waals surface area contributed by atoms with Crippen LogP contribution in [0.2, 0.25) is 0 Å². The van der Waals surface area contributed by atoms with Crippen LogP contribution in [0.5, 0.6) is 5.75 Å². The number of aryl methyl sites for hydroxylation is 1. The van der Waals surface area contributed by atoms with Crippen LogP contribution in [0.4, 0.5) is 10.1 Å². The topological polar surface area (TPSA) is 116 Å². The van der Waals surface area contributed by atoms with E-state index in [1.165, 1.54) is 19.2 Å². The molecule has 7 N–H and O–H groups in total. The Morgan fingerprint density at radius 1 is 1.22 bits per heavy atom. The van der Waals surface area contributed by atoms with Gasteiger partial charge in [-0.25, -0.2) is 4.39 Å². The van der Waals surface area contributed by atoms with E-state index in [0.29, 0.717) is 16.9 Å². The maximum Gasteiger partial charge on any atom is 0.269 e. The summed E-state index contributed by atoms with van der Waals surface area (Å²) in [6.45, 7) is 1.88. The van der Waals surface area contributed by atoms with Crippen molar-refractivity contribution in [2.75, 3.05) is 12.8 Å². The Morgan fingerprint density at radius 2 is 1.93 bits per heavy atom. The van der Waals surface area contributed by atoms with Crippen molar-refractivity contribution < 1.29 is 13.9 Å². The van der Waals surface area contributed by atoms with Gasteiger partial charge < -0.3 is 27.3 Å². The van der Waals surface area contributed by atoms with E-state index in [9.17, 15) is 9.18 Å². The van der Waals surface area contributed by atoms with Gasteiger partial charge in [0.1, 0.15) is 17.3 Å². The van der Waals surface area contributed by atoms with Crippen LogP contribution >= 0.6 is 0 Å². The van der Waals surface area contributed by atoms with Crippen LogP contribution in [0.25, 0.3) is 16.8 Å². The molecule has 142 valence electrons. The van der Waals surface area contributed by atoms with Crippen LogP contribution in [0.3, 0.4) is 0 Å². The third kappa shape index (κ3) is 3.67. The normalized spacial score (nSPS) is 14.5. The van der Waals surface area contributed by atoms with Crippen molar-refractivity contribution in [3.63, 3.8) is 0 Å². The molecule has 0 unspecified atom stereocenters. The molecular weight excluding hydrogens is 347 g/mol. The second kappa shape index (κ2) is 7.19. The third-order valence-electron chi connectivity index (χ3n) is 4.56. The molecule has 0 atom stereocenters. The minimum atomic E-state index is -0.519. The number of carbonyl (C=O) groups excluding carboxylic acids is 1. The highest BCUT2D eigenvalue weighted by atomic mass is 19.1. The lowest BCUT2D eigenvalue weighted by Crippen LogP contribution is -2.32. The fraction of sp³-hybridized carbons (Fsp3) is 0.250. The number of methoxy groups -OCH3 is 1. The lowest BCUT2D eigenvalue weighted by molar-refractivity contribution is -0.117. The molecular formula is C20H23FN4O2. The molecule has 2 aromatic carbocycles. The summed E-state index contributed by atoms with van der Waals surface area (Å²) < 4.78 is 20.0. The highest BCUT2D eigenvalue weighted by molar-refractivity contribution is 6.02. The molecule has 2 aromatic rings. The first kappa shape index (κ1) is 18.6. The molecule has 0 saturated heterocycles. The number of anilines is 1. The Labute approximate surface area is 157 Å². The van der Waals surface area contributed by atoms with Crippen LogP contribution in [-0.4, -0.2) is 19.1 Å². The van der Waals surface area contributed by atoms with E-state index in [2.05, 4.69) is 5.32 Å². The Balaban J connectivity index is 2.11.